The summed E-state index contributed by atoms with van der Waals surface area (Å²) < 4.78 is 18.8. The lowest BCUT2D eigenvalue weighted by Crippen LogP contribution is -2.45. The summed E-state index contributed by atoms with van der Waals surface area (Å²) in [6.07, 6.45) is 5.23. The second-order valence-corrected chi connectivity index (χ2v) is 12.3. The fourth-order valence-electron chi connectivity index (χ4n) is 5.75. The van der Waals surface area contributed by atoms with Crippen LogP contribution < -0.4 is 14.8 Å². The van der Waals surface area contributed by atoms with E-state index in [2.05, 4.69) is 10.3 Å². The maximum atomic E-state index is 12.9. The Bertz CT molecular complexity index is 1540. The molecule has 1 atom stereocenters. The largest absolute Gasteiger partial charge is 0.454 e. The number of carbonyl (C=O) groups excluding carboxylic acids is 2. The molecule has 1 aliphatic carbocycles. The molecule has 12 nitrogen and oxygen atoms in total. The number of likely N-dealkylation sites (tertiary alicyclic amines) is 1. The van der Waals surface area contributed by atoms with Gasteiger partial charge in [0.05, 0.1) is 24.5 Å². The molecule has 12 heteroatoms. The van der Waals surface area contributed by atoms with Crippen molar-refractivity contribution in [2.75, 3.05) is 25.2 Å². The zero-order valence-electron chi connectivity index (χ0n) is 24.1. The summed E-state index contributed by atoms with van der Waals surface area (Å²) in [4.78, 5) is 43.6. The van der Waals surface area contributed by atoms with Crippen LogP contribution in [-0.2, 0) is 22.6 Å². The Hall–Kier alpha value is -4.35. The van der Waals surface area contributed by atoms with Crippen molar-refractivity contribution in [1.29, 1.82) is 0 Å². The van der Waals surface area contributed by atoms with E-state index in [1.54, 1.807) is 11.1 Å². The highest BCUT2D eigenvalue weighted by atomic mass is 16.7. The van der Waals surface area contributed by atoms with Crippen LogP contribution >= 0.6 is 0 Å². The number of amides is 2. The molecule has 1 saturated heterocycles. The summed E-state index contributed by atoms with van der Waals surface area (Å²) in [6.45, 7) is 7.86. The number of benzene rings is 1. The summed E-state index contributed by atoms with van der Waals surface area (Å²) in [5, 5.41) is 3.47. The highest BCUT2D eigenvalue weighted by Gasteiger charge is 2.36. The van der Waals surface area contributed by atoms with Gasteiger partial charge in [-0.2, -0.15) is 4.98 Å². The molecule has 42 heavy (non-hydrogen) atoms. The number of rotatable bonds is 5. The zero-order valence-corrected chi connectivity index (χ0v) is 24.1. The van der Waals surface area contributed by atoms with Crippen molar-refractivity contribution in [3.8, 4) is 28.7 Å². The van der Waals surface area contributed by atoms with E-state index in [4.69, 9.17) is 24.2 Å². The molecule has 0 bridgehead atoms. The maximum absolute atomic E-state index is 12.9. The standard InChI is InChI=1S/C30H35N7O5/c1-30(2,3)42-29(39)36-15-21-22(16-36)37(26(33-21)19-8-9-23-24(13-19)41-17-40-23)25-10-11-31-28(34-25)32-20-5-4-12-35(14-20)27(38)18-6-7-18/h8-11,13,18,20H,4-7,12,14-17H2,1-3H3,(H,31,32,34)/t20-/m0/s1. The van der Waals surface area contributed by atoms with Gasteiger partial charge in [0.25, 0.3) is 0 Å². The Morgan fingerprint density at radius 1 is 1.02 bits per heavy atom. The molecule has 3 aliphatic heterocycles. The molecule has 3 aromatic rings. The number of nitrogens with zero attached hydrogens (tertiary/aromatic N) is 6. The fraction of sp³-hybridized carbons (Fsp3) is 0.500. The molecule has 0 radical (unpaired) electrons. The topological polar surface area (TPSA) is 124 Å². The summed E-state index contributed by atoms with van der Waals surface area (Å²) in [5.74, 6) is 3.63. The average molecular weight is 574 g/mol. The van der Waals surface area contributed by atoms with Crippen molar-refractivity contribution in [2.45, 2.75) is 71.2 Å². The molecule has 220 valence electrons. The third-order valence-corrected chi connectivity index (χ3v) is 7.88. The molecular formula is C30H35N7O5. The smallest absolute Gasteiger partial charge is 0.410 e. The molecule has 0 spiro atoms. The lowest BCUT2D eigenvalue weighted by atomic mass is 10.1. The van der Waals surface area contributed by atoms with Crippen LogP contribution in [0, 0.1) is 5.92 Å². The van der Waals surface area contributed by atoms with Gasteiger partial charge in [0, 0.05) is 36.8 Å². The number of anilines is 1. The van der Waals surface area contributed by atoms with Crippen LogP contribution in [0.25, 0.3) is 17.2 Å². The van der Waals surface area contributed by atoms with Gasteiger partial charge in [0.1, 0.15) is 17.2 Å². The van der Waals surface area contributed by atoms with Gasteiger partial charge in [-0.05, 0) is 70.7 Å². The lowest BCUT2D eigenvalue weighted by molar-refractivity contribution is -0.133. The predicted octanol–water partition coefficient (Wildman–Crippen LogP) is 4.12. The Morgan fingerprint density at radius 3 is 2.67 bits per heavy atom. The first kappa shape index (κ1) is 26.5. The Kier molecular flexibility index (Phi) is 6.43. The maximum Gasteiger partial charge on any atom is 0.410 e. The number of nitrogens with one attached hydrogen (secondary N) is 1. The fourth-order valence-corrected chi connectivity index (χ4v) is 5.75. The van der Waals surface area contributed by atoms with E-state index in [-0.39, 0.29) is 30.8 Å². The first-order valence-corrected chi connectivity index (χ1v) is 14.6. The lowest BCUT2D eigenvalue weighted by Gasteiger charge is -2.33. The van der Waals surface area contributed by atoms with Gasteiger partial charge in [-0.25, -0.2) is 14.8 Å². The number of hydrogen-bond donors (Lipinski definition) is 1. The monoisotopic (exact) mass is 573 g/mol. The molecule has 2 aromatic heterocycles. The van der Waals surface area contributed by atoms with Gasteiger partial charge in [0.15, 0.2) is 11.5 Å². The van der Waals surface area contributed by atoms with Crippen molar-refractivity contribution in [3.63, 3.8) is 0 Å². The highest BCUT2D eigenvalue weighted by molar-refractivity contribution is 5.81. The number of ether oxygens (including phenoxy) is 3. The second kappa shape index (κ2) is 10.2. The molecule has 4 aliphatic rings. The van der Waals surface area contributed by atoms with Gasteiger partial charge in [0.2, 0.25) is 18.6 Å². The number of aromatic nitrogens is 4. The summed E-state index contributed by atoms with van der Waals surface area (Å²) in [7, 11) is 0. The average Bonchev–Trinajstić information content (AvgIpc) is 3.39. The summed E-state index contributed by atoms with van der Waals surface area (Å²) >= 11 is 0. The number of fused-ring (bicyclic) bond motifs is 2. The van der Waals surface area contributed by atoms with Gasteiger partial charge in [-0.3, -0.25) is 14.3 Å². The van der Waals surface area contributed by atoms with E-state index in [0.717, 1.165) is 49.2 Å². The van der Waals surface area contributed by atoms with Crippen LogP contribution in [0.5, 0.6) is 11.5 Å². The minimum Gasteiger partial charge on any atom is -0.454 e. The molecule has 1 N–H and O–H groups in total. The molecule has 0 unspecified atom stereocenters. The van der Waals surface area contributed by atoms with Crippen LogP contribution in [-0.4, -0.2) is 72.8 Å². The molecule has 2 amide bonds. The normalized spacial score (nSPS) is 19.5. The van der Waals surface area contributed by atoms with E-state index in [1.807, 2.05) is 54.5 Å². The van der Waals surface area contributed by atoms with Gasteiger partial charge in [-0.1, -0.05) is 0 Å². The Balaban J connectivity index is 1.20. The third kappa shape index (κ3) is 5.21. The van der Waals surface area contributed by atoms with E-state index in [9.17, 15) is 9.59 Å². The predicted molar refractivity (Wildman–Crippen MR) is 152 cm³/mol. The van der Waals surface area contributed by atoms with E-state index in [0.29, 0.717) is 48.7 Å². The van der Waals surface area contributed by atoms with Crippen molar-refractivity contribution in [2.24, 2.45) is 5.92 Å². The third-order valence-electron chi connectivity index (χ3n) is 7.88. The summed E-state index contributed by atoms with van der Waals surface area (Å²) in [5.41, 5.74) is 1.88. The quantitative estimate of drug-likeness (QED) is 0.480. The van der Waals surface area contributed by atoms with Gasteiger partial charge >= 0.3 is 6.09 Å². The molecule has 2 fully saturated rings. The van der Waals surface area contributed by atoms with E-state index < -0.39 is 5.60 Å². The number of hydrogen-bond acceptors (Lipinski definition) is 9. The molecular weight excluding hydrogens is 538 g/mol. The number of carbonyl (C=O) groups is 2. The number of piperidine rings is 1. The molecule has 1 saturated carbocycles. The highest BCUT2D eigenvalue weighted by Crippen LogP contribution is 2.38. The van der Waals surface area contributed by atoms with Crippen LogP contribution in [0.2, 0.25) is 0 Å². The van der Waals surface area contributed by atoms with Crippen LogP contribution in [0.1, 0.15) is 57.8 Å². The van der Waals surface area contributed by atoms with Gasteiger partial charge < -0.3 is 24.4 Å². The van der Waals surface area contributed by atoms with Crippen LogP contribution in [0.15, 0.2) is 30.5 Å². The minimum atomic E-state index is -0.601. The zero-order chi connectivity index (χ0) is 29.0. The van der Waals surface area contributed by atoms with Gasteiger partial charge in [-0.15, -0.1) is 0 Å². The van der Waals surface area contributed by atoms with Crippen molar-refractivity contribution in [3.05, 3.63) is 41.9 Å². The number of imidazole rings is 1. The van der Waals surface area contributed by atoms with E-state index in [1.165, 1.54) is 0 Å². The Morgan fingerprint density at radius 2 is 1.86 bits per heavy atom. The van der Waals surface area contributed by atoms with Crippen molar-refractivity contribution < 1.29 is 23.8 Å². The Labute approximate surface area is 244 Å². The first-order valence-electron chi connectivity index (χ1n) is 14.6. The summed E-state index contributed by atoms with van der Waals surface area (Å²) in [6, 6.07) is 7.64. The van der Waals surface area contributed by atoms with Crippen molar-refractivity contribution in [1.82, 2.24) is 29.3 Å². The van der Waals surface area contributed by atoms with Crippen molar-refractivity contribution >= 4 is 17.9 Å². The SMILES string of the molecule is CC(C)(C)OC(=O)N1Cc2nc(-c3ccc4c(c3)OCO4)n(-c3ccnc(N[C@H]4CCCN(C(=O)C5CC5)C4)n3)c2C1. The second-order valence-electron chi connectivity index (χ2n) is 12.3. The molecule has 7 rings (SSSR count). The molecule has 5 heterocycles. The molecule has 1 aromatic carbocycles. The van der Waals surface area contributed by atoms with Crippen LogP contribution in [0.4, 0.5) is 10.7 Å². The van der Waals surface area contributed by atoms with E-state index >= 15 is 0 Å². The minimum absolute atomic E-state index is 0.0705. The van der Waals surface area contributed by atoms with Crippen LogP contribution in [0.3, 0.4) is 0 Å². The first-order chi connectivity index (χ1) is 20.2.